The Kier molecular flexibility index (Phi) is 4.37. The number of anilines is 2. The number of rotatable bonds is 5. The normalized spacial score (nSPS) is 10.9. The van der Waals surface area contributed by atoms with Crippen LogP contribution in [0.25, 0.3) is 22.3 Å². The fourth-order valence-electron chi connectivity index (χ4n) is 2.56. The fraction of sp³-hybridized carbons (Fsp3) is 0.0556. The SMILES string of the molecule is POCn1cc(-c2cnc3ccc(Nc4ccccc4)cc3n2)cn1. The van der Waals surface area contributed by atoms with E-state index in [4.69, 9.17) is 9.51 Å². The van der Waals surface area contributed by atoms with Gasteiger partial charge >= 0.3 is 0 Å². The number of hydrogen-bond acceptors (Lipinski definition) is 5. The van der Waals surface area contributed by atoms with E-state index in [1.807, 2.05) is 54.7 Å². The van der Waals surface area contributed by atoms with Gasteiger partial charge in [-0.15, -0.1) is 0 Å². The van der Waals surface area contributed by atoms with Crippen molar-refractivity contribution >= 4 is 31.9 Å². The van der Waals surface area contributed by atoms with Gasteiger partial charge in [-0.25, -0.2) is 9.67 Å². The topological polar surface area (TPSA) is 64.9 Å². The lowest BCUT2D eigenvalue weighted by atomic mass is 10.2. The van der Waals surface area contributed by atoms with Crippen molar-refractivity contribution < 1.29 is 4.52 Å². The van der Waals surface area contributed by atoms with Crippen molar-refractivity contribution in [2.45, 2.75) is 6.73 Å². The van der Waals surface area contributed by atoms with E-state index in [0.29, 0.717) is 6.73 Å². The maximum atomic E-state index is 4.99. The van der Waals surface area contributed by atoms with Crippen molar-refractivity contribution in [3.05, 3.63) is 67.1 Å². The zero-order chi connectivity index (χ0) is 17.1. The number of aromatic nitrogens is 4. The summed E-state index contributed by atoms with van der Waals surface area (Å²) in [5, 5.41) is 7.61. The molecule has 4 aromatic rings. The van der Waals surface area contributed by atoms with Crippen LogP contribution in [0.3, 0.4) is 0 Å². The minimum atomic E-state index is 0.372. The monoisotopic (exact) mass is 349 g/mol. The second-order valence-electron chi connectivity index (χ2n) is 5.51. The van der Waals surface area contributed by atoms with Crippen LogP contribution < -0.4 is 5.32 Å². The largest absolute Gasteiger partial charge is 0.355 e. The molecule has 1 atom stereocenters. The molecule has 2 heterocycles. The van der Waals surface area contributed by atoms with Gasteiger partial charge in [0, 0.05) is 32.6 Å². The summed E-state index contributed by atoms with van der Waals surface area (Å²) in [6.07, 6.45) is 5.40. The quantitative estimate of drug-likeness (QED) is 0.552. The zero-order valence-electron chi connectivity index (χ0n) is 13.3. The standard InChI is InChI=1S/C18H16N5OP/c25-24-12-23-11-13(9-20-23)18-10-19-16-7-6-15(8-17(16)22-18)21-14-4-2-1-3-5-14/h1-11,21H,12,25H2. The maximum Gasteiger partial charge on any atom is 0.142 e. The van der Waals surface area contributed by atoms with Crippen LogP contribution in [-0.4, -0.2) is 19.7 Å². The fourth-order valence-corrected chi connectivity index (χ4v) is 2.71. The van der Waals surface area contributed by atoms with Gasteiger partial charge < -0.3 is 9.84 Å². The smallest absolute Gasteiger partial charge is 0.142 e. The summed E-state index contributed by atoms with van der Waals surface area (Å²) < 4.78 is 6.69. The van der Waals surface area contributed by atoms with E-state index < -0.39 is 0 Å². The van der Waals surface area contributed by atoms with Gasteiger partial charge in [-0.3, -0.25) is 4.98 Å². The van der Waals surface area contributed by atoms with Crippen LogP contribution in [0.5, 0.6) is 0 Å². The van der Waals surface area contributed by atoms with Gasteiger partial charge in [-0.05, 0) is 30.3 Å². The highest BCUT2D eigenvalue weighted by atomic mass is 31.0. The predicted octanol–water partition coefficient (Wildman–Crippen LogP) is 4.00. The van der Waals surface area contributed by atoms with E-state index in [0.717, 1.165) is 33.7 Å². The molecule has 6 nitrogen and oxygen atoms in total. The number of para-hydroxylation sites is 1. The van der Waals surface area contributed by atoms with Crippen LogP contribution >= 0.6 is 9.47 Å². The number of nitrogens with zero attached hydrogens (tertiary/aromatic N) is 4. The predicted molar refractivity (Wildman–Crippen MR) is 101 cm³/mol. The summed E-state index contributed by atoms with van der Waals surface area (Å²) in [6, 6.07) is 16.0. The van der Waals surface area contributed by atoms with Gasteiger partial charge in [-0.2, -0.15) is 5.10 Å². The van der Waals surface area contributed by atoms with E-state index in [-0.39, 0.29) is 0 Å². The summed E-state index contributed by atoms with van der Waals surface area (Å²) >= 11 is 0. The molecule has 2 aromatic carbocycles. The van der Waals surface area contributed by atoms with Crippen molar-refractivity contribution in [1.82, 2.24) is 19.7 Å². The van der Waals surface area contributed by atoms with Crippen LogP contribution in [0, 0.1) is 0 Å². The minimum Gasteiger partial charge on any atom is -0.355 e. The summed E-state index contributed by atoms with van der Waals surface area (Å²) in [6.45, 7) is 0.372. The number of hydrogen-bond donors (Lipinski definition) is 1. The Labute approximate surface area is 147 Å². The molecule has 0 spiro atoms. The molecule has 0 aliphatic carbocycles. The molecule has 0 amide bonds. The van der Waals surface area contributed by atoms with Crippen molar-refractivity contribution in [2.75, 3.05) is 5.32 Å². The van der Waals surface area contributed by atoms with Gasteiger partial charge in [0.1, 0.15) is 6.73 Å². The summed E-state index contributed by atoms with van der Waals surface area (Å²) in [4.78, 5) is 9.22. The molecule has 25 heavy (non-hydrogen) atoms. The van der Waals surface area contributed by atoms with Crippen LogP contribution in [0.2, 0.25) is 0 Å². The maximum absolute atomic E-state index is 4.99. The highest BCUT2D eigenvalue weighted by molar-refractivity contribution is 7.09. The van der Waals surface area contributed by atoms with Crippen molar-refractivity contribution in [3.8, 4) is 11.3 Å². The second kappa shape index (κ2) is 6.97. The first-order valence-corrected chi connectivity index (χ1v) is 8.22. The van der Waals surface area contributed by atoms with Crippen LogP contribution in [-0.2, 0) is 11.3 Å². The average Bonchev–Trinajstić information content (AvgIpc) is 3.11. The molecule has 0 fully saturated rings. The van der Waals surface area contributed by atoms with Crippen LogP contribution in [0.1, 0.15) is 0 Å². The van der Waals surface area contributed by atoms with Gasteiger partial charge in [0.15, 0.2) is 0 Å². The lowest BCUT2D eigenvalue weighted by Crippen LogP contribution is -1.96. The molecule has 0 aliphatic rings. The van der Waals surface area contributed by atoms with Crippen molar-refractivity contribution in [2.24, 2.45) is 0 Å². The second-order valence-corrected chi connectivity index (χ2v) is 5.85. The molecule has 4 rings (SSSR count). The number of nitrogens with one attached hydrogen (secondary N) is 1. The van der Waals surface area contributed by atoms with E-state index >= 15 is 0 Å². The van der Waals surface area contributed by atoms with E-state index in [2.05, 4.69) is 24.9 Å². The summed E-state index contributed by atoms with van der Waals surface area (Å²) in [5.41, 5.74) is 5.36. The highest BCUT2D eigenvalue weighted by Crippen LogP contribution is 2.23. The zero-order valence-corrected chi connectivity index (χ0v) is 14.5. The Morgan fingerprint density at radius 2 is 1.88 bits per heavy atom. The molecule has 1 unspecified atom stereocenters. The molecule has 1 N–H and O–H groups in total. The first-order valence-electron chi connectivity index (χ1n) is 7.75. The Morgan fingerprint density at radius 1 is 1.00 bits per heavy atom. The summed E-state index contributed by atoms with van der Waals surface area (Å²) in [7, 11) is 2.21. The third kappa shape index (κ3) is 3.50. The van der Waals surface area contributed by atoms with Crippen LogP contribution in [0.15, 0.2) is 67.1 Å². The lowest BCUT2D eigenvalue weighted by molar-refractivity contribution is 0.260. The average molecular weight is 349 g/mol. The Morgan fingerprint density at radius 3 is 2.72 bits per heavy atom. The molecule has 0 aliphatic heterocycles. The van der Waals surface area contributed by atoms with Crippen LogP contribution in [0.4, 0.5) is 11.4 Å². The Balaban J connectivity index is 1.66. The van der Waals surface area contributed by atoms with E-state index in [1.165, 1.54) is 0 Å². The van der Waals surface area contributed by atoms with Gasteiger partial charge in [0.2, 0.25) is 0 Å². The summed E-state index contributed by atoms with van der Waals surface area (Å²) in [5.74, 6) is 0. The third-order valence-electron chi connectivity index (χ3n) is 3.74. The molecular weight excluding hydrogens is 333 g/mol. The molecule has 0 saturated heterocycles. The van der Waals surface area contributed by atoms with Gasteiger partial charge in [0.25, 0.3) is 0 Å². The molecule has 7 heteroatoms. The number of fused-ring (bicyclic) bond motifs is 1. The van der Waals surface area contributed by atoms with Crippen molar-refractivity contribution in [1.29, 1.82) is 0 Å². The van der Waals surface area contributed by atoms with Gasteiger partial charge in [0.05, 0.1) is 29.1 Å². The highest BCUT2D eigenvalue weighted by Gasteiger charge is 2.06. The number of benzene rings is 2. The molecule has 124 valence electrons. The Hall–Kier alpha value is -2.82. The first kappa shape index (κ1) is 15.7. The first-order chi connectivity index (χ1) is 12.3. The lowest BCUT2D eigenvalue weighted by Gasteiger charge is -2.07. The van der Waals surface area contributed by atoms with Crippen molar-refractivity contribution in [3.63, 3.8) is 0 Å². The molecule has 2 aromatic heterocycles. The minimum absolute atomic E-state index is 0.372. The molecule has 0 radical (unpaired) electrons. The Bertz CT molecular complexity index is 1000. The molecule has 0 bridgehead atoms. The molecule has 0 saturated carbocycles. The third-order valence-corrected chi connectivity index (χ3v) is 3.89. The van der Waals surface area contributed by atoms with E-state index in [1.54, 1.807) is 17.1 Å². The van der Waals surface area contributed by atoms with Gasteiger partial charge in [-0.1, -0.05) is 18.2 Å². The molecular formula is C18H16N5OP. The van der Waals surface area contributed by atoms with E-state index in [9.17, 15) is 0 Å².